The Morgan fingerprint density at radius 2 is 1.91 bits per heavy atom. The summed E-state index contributed by atoms with van der Waals surface area (Å²) >= 11 is 1.63. The predicted octanol–water partition coefficient (Wildman–Crippen LogP) is 4.09. The third kappa shape index (κ3) is 5.67. The normalized spacial score (nSPS) is 12.2. The van der Waals surface area contributed by atoms with Crippen LogP contribution in [0, 0.1) is 0 Å². The first-order valence-corrected chi connectivity index (χ1v) is 8.90. The van der Waals surface area contributed by atoms with Gasteiger partial charge in [0.25, 0.3) is 0 Å². The van der Waals surface area contributed by atoms with Gasteiger partial charge in [-0.25, -0.2) is 4.98 Å². The SMILES string of the molecule is CC(=O)N[C@H](C)CCc1ccc(-c2csc(NC(C)C)n2)cc1. The summed E-state index contributed by atoms with van der Waals surface area (Å²) in [5.74, 6) is 0.0298. The second-order valence-electron chi connectivity index (χ2n) is 6.17. The van der Waals surface area contributed by atoms with E-state index in [9.17, 15) is 4.79 Å². The quantitative estimate of drug-likeness (QED) is 0.803. The number of carbonyl (C=O) groups excluding carboxylic acids is 1. The van der Waals surface area contributed by atoms with Crippen molar-refractivity contribution in [3.63, 3.8) is 0 Å². The lowest BCUT2D eigenvalue weighted by Gasteiger charge is -2.12. The number of hydrogen-bond acceptors (Lipinski definition) is 4. The second-order valence-corrected chi connectivity index (χ2v) is 7.03. The highest BCUT2D eigenvalue weighted by atomic mass is 32.1. The van der Waals surface area contributed by atoms with E-state index in [0.717, 1.165) is 29.2 Å². The summed E-state index contributed by atoms with van der Waals surface area (Å²) in [7, 11) is 0. The highest BCUT2D eigenvalue weighted by Gasteiger charge is 2.07. The summed E-state index contributed by atoms with van der Waals surface area (Å²) in [4.78, 5) is 15.6. The third-order valence-corrected chi connectivity index (χ3v) is 4.26. The van der Waals surface area contributed by atoms with Crippen molar-refractivity contribution >= 4 is 22.4 Å². The lowest BCUT2D eigenvalue weighted by molar-refractivity contribution is -0.119. The highest BCUT2D eigenvalue weighted by molar-refractivity contribution is 7.14. The van der Waals surface area contributed by atoms with Gasteiger partial charge in [-0.05, 0) is 39.2 Å². The van der Waals surface area contributed by atoms with Gasteiger partial charge in [0.15, 0.2) is 5.13 Å². The maximum atomic E-state index is 11.0. The molecule has 0 fully saturated rings. The Kier molecular flexibility index (Phi) is 6.16. The van der Waals surface area contributed by atoms with Crippen LogP contribution in [0.2, 0.25) is 0 Å². The molecule has 2 rings (SSSR count). The molecule has 124 valence electrons. The van der Waals surface area contributed by atoms with Crippen LogP contribution < -0.4 is 10.6 Å². The van der Waals surface area contributed by atoms with Crippen LogP contribution in [0.5, 0.6) is 0 Å². The minimum atomic E-state index is 0.0298. The second kappa shape index (κ2) is 8.11. The van der Waals surface area contributed by atoms with Crippen molar-refractivity contribution in [2.24, 2.45) is 0 Å². The fraction of sp³-hybridized carbons (Fsp3) is 0.444. The fourth-order valence-corrected chi connectivity index (χ4v) is 3.23. The van der Waals surface area contributed by atoms with Crippen molar-refractivity contribution < 1.29 is 4.79 Å². The summed E-state index contributed by atoms with van der Waals surface area (Å²) in [6.45, 7) is 7.81. The number of amides is 1. The van der Waals surface area contributed by atoms with E-state index < -0.39 is 0 Å². The molecule has 2 aromatic rings. The molecule has 0 saturated carbocycles. The van der Waals surface area contributed by atoms with Crippen LogP contribution in [0.25, 0.3) is 11.3 Å². The van der Waals surface area contributed by atoms with E-state index in [1.165, 1.54) is 5.56 Å². The van der Waals surface area contributed by atoms with Gasteiger partial charge in [0.05, 0.1) is 5.69 Å². The summed E-state index contributed by atoms with van der Waals surface area (Å²) in [6.07, 6.45) is 1.90. The first-order chi connectivity index (χ1) is 10.9. The van der Waals surface area contributed by atoms with Gasteiger partial charge in [0.2, 0.25) is 5.91 Å². The number of nitrogens with zero attached hydrogens (tertiary/aromatic N) is 1. The Morgan fingerprint density at radius 1 is 1.22 bits per heavy atom. The van der Waals surface area contributed by atoms with E-state index in [4.69, 9.17) is 0 Å². The molecule has 1 atom stereocenters. The number of hydrogen-bond donors (Lipinski definition) is 2. The summed E-state index contributed by atoms with van der Waals surface area (Å²) in [5, 5.41) is 9.28. The molecule has 1 heterocycles. The molecule has 0 saturated heterocycles. The minimum Gasteiger partial charge on any atom is -0.359 e. The van der Waals surface area contributed by atoms with Crippen LogP contribution in [0.4, 0.5) is 5.13 Å². The molecule has 1 aromatic heterocycles. The molecule has 1 aromatic carbocycles. The maximum Gasteiger partial charge on any atom is 0.217 e. The largest absolute Gasteiger partial charge is 0.359 e. The number of aromatic nitrogens is 1. The van der Waals surface area contributed by atoms with Gasteiger partial charge in [-0.3, -0.25) is 4.79 Å². The molecule has 0 aliphatic rings. The number of anilines is 1. The Labute approximate surface area is 142 Å². The number of aryl methyl sites for hydroxylation is 1. The first kappa shape index (κ1) is 17.5. The summed E-state index contributed by atoms with van der Waals surface area (Å²) in [6, 6.07) is 9.12. The Balaban J connectivity index is 1.94. The molecule has 0 unspecified atom stereocenters. The molecule has 1 amide bonds. The zero-order valence-corrected chi connectivity index (χ0v) is 15.0. The van der Waals surface area contributed by atoms with Gasteiger partial charge in [0, 0.05) is 30.0 Å². The van der Waals surface area contributed by atoms with E-state index in [2.05, 4.69) is 59.1 Å². The van der Waals surface area contributed by atoms with Gasteiger partial charge in [-0.15, -0.1) is 11.3 Å². The highest BCUT2D eigenvalue weighted by Crippen LogP contribution is 2.25. The zero-order chi connectivity index (χ0) is 16.8. The molecular weight excluding hydrogens is 306 g/mol. The molecule has 0 radical (unpaired) electrons. The molecule has 4 nitrogen and oxygen atoms in total. The van der Waals surface area contributed by atoms with Crippen LogP contribution in [0.3, 0.4) is 0 Å². The molecule has 0 aliphatic heterocycles. The topological polar surface area (TPSA) is 54.0 Å². The van der Waals surface area contributed by atoms with E-state index >= 15 is 0 Å². The van der Waals surface area contributed by atoms with Crippen LogP contribution in [0.15, 0.2) is 29.6 Å². The zero-order valence-electron chi connectivity index (χ0n) is 14.2. The van der Waals surface area contributed by atoms with Crippen molar-refractivity contribution in [1.82, 2.24) is 10.3 Å². The average Bonchev–Trinajstić information content (AvgIpc) is 2.92. The smallest absolute Gasteiger partial charge is 0.217 e. The third-order valence-electron chi connectivity index (χ3n) is 3.48. The lowest BCUT2D eigenvalue weighted by Crippen LogP contribution is -2.30. The van der Waals surface area contributed by atoms with Crippen LogP contribution in [-0.2, 0) is 11.2 Å². The monoisotopic (exact) mass is 331 g/mol. The number of benzene rings is 1. The molecule has 2 N–H and O–H groups in total. The molecular formula is C18H25N3OS. The molecule has 0 aliphatic carbocycles. The van der Waals surface area contributed by atoms with E-state index in [1.54, 1.807) is 18.3 Å². The predicted molar refractivity (Wildman–Crippen MR) is 97.9 cm³/mol. The van der Waals surface area contributed by atoms with E-state index in [-0.39, 0.29) is 11.9 Å². The van der Waals surface area contributed by atoms with Crippen LogP contribution >= 0.6 is 11.3 Å². The number of rotatable bonds is 7. The summed E-state index contributed by atoms with van der Waals surface area (Å²) < 4.78 is 0. The van der Waals surface area contributed by atoms with E-state index in [1.807, 2.05) is 6.92 Å². The maximum absolute atomic E-state index is 11.0. The first-order valence-electron chi connectivity index (χ1n) is 8.02. The number of nitrogens with one attached hydrogen (secondary N) is 2. The van der Waals surface area contributed by atoms with Crippen LogP contribution in [-0.4, -0.2) is 23.0 Å². The lowest BCUT2D eigenvalue weighted by atomic mass is 10.0. The van der Waals surface area contributed by atoms with Crippen LogP contribution in [0.1, 0.15) is 39.7 Å². The number of carbonyl (C=O) groups is 1. The van der Waals surface area contributed by atoms with Crippen molar-refractivity contribution in [3.8, 4) is 11.3 Å². The van der Waals surface area contributed by atoms with Gasteiger partial charge >= 0.3 is 0 Å². The molecule has 0 bridgehead atoms. The average molecular weight is 331 g/mol. The Bertz CT molecular complexity index is 634. The van der Waals surface area contributed by atoms with Crippen molar-refractivity contribution in [2.75, 3.05) is 5.32 Å². The Morgan fingerprint density at radius 3 is 2.52 bits per heavy atom. The fourth-order valence-electron chi connectivity index (χ4n) is 2.36. The summed E-state index contributed by atoms with van der Waals surface area (Å²) in [5.41, 5.74) is 3.43. The van der Waals surface area contributed by atoms with Crippen molar-refractivity contribution in [1.29, 1.82) is 0 Å². The molecule has 23 heavy (non-hydrogen) atoms. The van der Waals surface area contributed by atoms with Crippen molar-refractivity contribution in [3.05, 3.63) is 35.2 Å². The van der Waals surface area contributed by atoms with Gasteiger partial charge in [0.1, 0.15) is 0 Å². The standard InChI is InChI=1S/C18H25N3OS/c1-12(2)19-18-21-17(11-23-18)16-9-7-15(8-10-16)6-5-13(3)20-14(4)22/h7-13H,5-6H2,1-4H3,(H,19,21)(H,20,22)/t13-/m1/s1. The van der Waals surface area contributed by atoms with Gasteiger partial charge in [-0.1, -0.05) is 24.3 Å². The molecule has 0 spiro atoms. The number of thiazole rings is 1. The Hall–Kier alpha value is -1.88. The van der Waals surface area contributed by atoms with Gasteiger partial charge < -0.3 is 10.6 Å². The molecule has 5 heteroatoms. The minimum absolute atomic E-state index is 0.0298. The van der Waals surface area contributed by atoms with E-state index in [0.29, 0.717) is 6.04 Å². The van der Waals surface area contributed by atoms with Gasteiger partial charge in [-0.2, -0.15) is 0 Å². The van der Waals surface area contributed by atoms with Crippen molar-refractivity contribution in [2.45, 2.75) is 52.6 Å².